The van der Waals surface area contributed by atoms with Gasteiger partial charge in [0, 0.05) is 56.7 Å². The van der Waals surface area contributed by atoms with Gasteiger partial charge in [-0.2, -0.15) is 0 Å². The van der Waals surface area contributed by atoms with E-state index in [1.807, 2.05) is 0 Å². The van der Waals surface area contributed by atoms with Crippen LogP contribution in [0.5, 0.6) is 0 Å². The van der Waals surface area contributed by atoms with Crippen molar-refractivity contribution in [2.45, 2.75) is 78.3 Å². The molecule has 2 heteroatoms. The molecule has 2 aromatic heterocycles. The van der Waals surface area contributed by atoms with Crippen LogP contribution in [0.15, 0.2) is 84.9 Å². The Labute approximate surface area is 238 Å². The number of benzene rings is 4. The molecule has 6 rings (SSSR count). The maximum atomic E-state index is 2.53. The van der Waals surface area contributed by atoms with Crippen molar-refractivity contribution in [2.24, 2.45) is 0 Å². The topological polar surface area (TPSA) is 9.86 Å². The minimum atomic E-state index is 1.09. The summed E-state index contributed by atoms with van der Waals surface area (Å²) in [6.07, 6.45) is 14.8. The first-order valence-electron chi connectivity index (χ1n) is 15.5. The van der Waals surface area contributed by atoms with Crippen LogP contribution in [0.3, 0.4) is 0 Å². The number of nitrogens with zero attached hydrogens (tertiary/aromatic N) is 2. The maximum absolute atomic E-state index is 2.53. The lowest BCUT2D eigenvalue weighted by Crippen LogP contribution is -1.97. The standard InChI is InChI=1S/C38H42N2/c1-3-5-7-13-25-39-35-17-11-9-15-31(35)33-27-29(21-23-37(33)39)19-20-30-22-24-38-34(28-30)32-16-10-12-18-36(32)40(38)26-14-8-6-4-2/h9-12,15-24,27-28H,3-8,13-14,25-26H2,1-2H3/b20-19+. The summed E-state index contributed by atoms with van der Waals surface area (Å²) in [4.78, 5) is 0. The number of rotatable bonds is 12. The van der Waals surface area contributed by atoms with Gasteiger partial charge in [0.15, 0.2) is 0 Å². The van der Waals surface area contributed by atoms with E-state index in [-0.39, 0.29) is 0 Å². The van der Waals surface area contributed by atoms with Gasteiger partial charge in [0.2, 0.25) is 0 Å². The summed E-state index contributed by atoms with van der Waals surface area (Å²) in [7, 11) is 0. The zero-order valence-corrected chi connectivity index (χ0v) is 24.2. The van der Waals surface area contributed by atoms with E-state index in [0.29, 0.717) is 0 Å². The number of fused-ring (bicyclic) bond motifs is 6. The van der Waals surface area contributed by atoms with E-state index in [2.05, 4.69) is 120 Å². The molecule has 0 saturated heterocycles. The molecule has 6 aromatic rings. The van der Waals surface area contributed by atoms with Gasteiger partial charge in [0.05, 0.1) is 0 Å². The molecular weight excluding hydrogens is 484 g/mol. The van der Waals surface area contributed by atoms with Gasteiger partial charge in [-0.05, 0) is 60.4 Å². The summed E-state index contributed by atoms with van der Waals surface area (Å²) in [5.74, 6) is 0. The van der Waals surface area contributed by atoms with Crippen LogP contribution < -0.4 is 0 Å². The van der Waals surface area contributed by atoms with E-state index < -0.39 is 0 Å². The summed E-state index contributed by atoms with van der Waals surface area (Å²) in [6.45, 7) is 6.74. The molecule has 0 spiro atoms. The molecule has 40 heavy (non-hydrogen) atoms. The molecule has 0 N–H and O–H groups in total. The molecule has 0 fully saturated rings. The summed E-state index contributed by atoms with van der Waals surface area (Å²) < 4.78 is 5.06. The predicted octanol–water partition coefficient (Wildman–Crippen LogP) is 11.2. The second-order valence-corrected chi connectivity index (χ2v) is 11.3. The molecular formula is C38H42N2. The molecule has 0 atom stereocenters. The van der Waals surface area contributed by atoms with Gasteiger partial charge in [-0.25, -0.2) is 0 Å². The van der Waals surface area contributed by atoms with Crippen molar-refractivity contribution < 1.29 is 0 Å². The molecule has 0 unspecified atom stereocenters. The highest BCUT2D eigenvalue weighted by molar-refractivity contribution is 6.10. The molecule has 2 heterocycles. The lowest BCUT2D eigenvalue weighted by Gasteiger charge is -2.07. The minimum Gasteiger partial charge on any atom is -0.340 e. The smallest absolute Gasteiger partial charge is 0.0491 e. The molecule has 0 bridgehead atoms. The van der Waals surface area contributed by atoms with Gasteiger partial charge in [-0.1, -0.05) is 113 Å². The number of unbranched alkanes of at least 4 members (excludes halogenated alkanes) is 6. The molecule has 2 nitrogen and oxygen atoms in total. The van der Waals surface area contributed by atoms with Crippen molar-refractivity contribution in [1.82, 2.24) is 9.13 Å². The highest BCUT2D eigenvalue weighted by atomic mass is 15.0. The third-order valence-electron chi connectivity index (χ3n) is 8.53. The Morgan fingerprint density at radius 1 is 0.450 bits per heavy atom. The molecule has 0 saturated carbocycles. The van der Waals surface area contributed by atoms with Gasteiger partial charge >= 0.3 is 0 Å². The zero-order valence-electron chi connectivity index (χ0n) is 24.2. The molecule has 4 aromatic carbocycles. The van der Waals surface area contributed by atoms with E-state index in [0.717, 1.165) is 13.1 Å². The van der Waals surface area contributed by atoms with Crippen molar-refractivity contribution in [2.75, 3.05) is 0 Å². The minimum absolute atomic E-state index is 1.09. The number of aryl methyl sites for hydroxylation is 2. The van der Waals surface area contributed by atoms with Gasteiger partial charge in [0.1, 0.15) is 0 Å². The Hall–Kier alpha value is -3.78. The largest absolute Gasteiger partial charge is 0.340 e. The number of para-hydroxylation sites is 2. The summed E-state index contributed by atoms with van der Waals surface area (Å²) in [5, 5.41) is 5.43. The lowest BCUT2D eigenvalue weighted by atomic mass is 10.1. The number of aromatic nitrogens is 2. The van der Waals surface area contributed by atoms with Crippen molar-refractivity contribution in [1.29, 1.82) is 0 Å². The molecule has 0 aliphatic heterocycles. The second-order valence-electron chi connectivity index (χ2n) is 11.3. The summed E-state index contributed by atoms with van der Waals surface area (Å²) in [6, 6.07) is 31.7. The fourth-order valence-electron chi connectivity index (χ4n) is 6.42. The average molecular weight is 527 g/mol. The van der Waals surface area contributed by atoms with Crippen LogP contribution in [0, 0.1) is 0 Å². The van der Waals surface area contributed by atoms with Crippen LogP contribution in [0.25, 0.3) is 55.8 Å². The Morgan fingerprint density at radius 2 is 0.875 bits per heavy atom. The lowest BCUT2D eigenvalue weighted by molar-refractivity contribution is 0.602. The Balaban J connectivity index is 1.31. The van der Waals surface area contributed by atoms with E-state index in [1.54, 1.807) is 0 Å². The zero-order chi connectivity index (χ0) is 27.3. The molecule has 0 radical (unpaired) electrons. The monoisotopic (exact) mass is 526 g/mol. The Morgan fingerprint density at radius 3 is 1.32 bits per heavy atom. The molecule has 0 aliphatic carbocycles. The predicted molar refractivity (Wildman–Crippen MR) is 176 cm³/mol. The first-order chi connectivity index (χ1) is 19.8. The van der Waals surface area contributed by atoms with E-state index in [9.17, 15) is 0 Å². The molecule has 0 aliphatic rings. The van der Waals surface area contributed by atoms with Crippen LogP contribution >= 0.6 is 0 Å². The van der Waals surface area contributed by atoms with Crippen LogP contribution in [0.4, 0.5) is 0 Å². The van der Waals surface area contributed by atoms with Gasteiger partial charge < -0.3 is 9.13 Å². The van der Waals surface area contributed by atoms with E-state index in [1.165, 1.54) is 106 Å². The van der Waals surface area contributed by atoms with E-state index in [4.69, 9.17) is 0 Å². The second kappa shape index (κ2) is 12.2. The summed E-state index contributed by atoms with van der Waals surface area (Å²) >= 11 is 0. The Bertz CT molecular complexity index is 1650. The van der Waals surface area contributed by atoms with Crippen molar-refractivity contribution in [3.05, 3.63) is 96.1 Å². The summed E-state index contributed by atoms with van der Waals surface area (Å²) in [5.41, 5.74) is 7.91. The number of hydrogen-bond acceptors (Lipinski definition) is 0. The molecule has 0 amide bonds. The third-order valence-corrected chi connectivity index (χ3v) is 8.53. The van der Waals surface area contributed by atoms with E-state index >= 15 is 0 Å². The van der Waals surface area contributed by atoms with Gasteiger partial charge in [-0.15, -0.1) is 0 Å². The first kappa shape index (κ1) is 26.4. The van der Waals surface area contributed by atoms with Crippen molar-refractivity contribution in [3.8, 4) is 0 Å². The Kier molecular flexibility index (Phi) is 8.04. The fraction of sp³-hybridized carbons (Fsp3) is 0.316. The fourth-order valence-corrected chi connectivity index (χ4v) is 6.42. The van der Waals surface area contributed by atoms with Gasteiger partial charge in [0.25, 0.3) is 0 Å². The van der Waals surface area contributed by atoms with Crippen LogP contribution in [0.2, 0.25) is 0 Å². The quantitative estimate of drug-likeness (QED) is 0.111. The van der Waals surface area contributed by atoms with Crippen LogP contribution in [0.1, 0.15) is 76.3 Å². The van der Waals surface area contributed by atoms with Crippen molar-refractivity contribution >= 4 is 55.8 Å². The van der Waals surface area contributed by atoms with Gasteiger partial charge in [-0.3, -0.25) is 0 Å². The number of hydrogen-bond donors (Lipinski definition) is 0. The highest BCUT2D eigenvalue weighted by Gasteiger charge is 2.12. The van der Waals surface area contributed by atoms with Crippen LogP contribution in [-0.2, 0) is 13.1 Å². The highest BCUT2D eigenvalue weighted by Crippen LogP contribution is 2.32. The molecule has 204 valence electrons. The average Bonchev–Trinajstić information content (AvgIpc) is 3.48. The normalized spacial score (nSPS) is 12.2. The maximum Gasteiger partial charge on any atom is 0.0491 e. The SMILES string of the molecule is CCCCCCn1c2ccccc2c2cc(/C=C/c3ccc4c(c3)c3ccccc3n4CCCCCC)ccc21. The third kappa shape index (κ3) is 5.20. The van der Waals surface area contributed by atoms with Crippen molar-refractivity contribution in [3.63, 3.8) is 0 Å². The first-order valence-corrected chi connectivity index (χ1v) is 15.5. The van der Waals surface area contributed by atoms with Crippen LogP contribution in [-0.4, -0.2) is 9.13 Å².